The Morgan fingerprint density at radius 1 is 1.13 bits per heavy atom. The van der Waals surface area contributed by atoms with Crippen LogP contribution in [0.5, 0.6) is 5.75 Å². The topological polar surface area (TPSA) is 117 Å². The summed E-state index contributed by atoms with van der Waals surface area (Å²) < 4.78 is 20.3. The molecule has 39 heavy (non-hydrogen) atoms. The van der Waals surface area contributed by atoms with Gasteiger partial charge in [0, 0.05) is 35.6 Å². The Balaban J connectivity index is 1.24. The predicted molar refractivity (Wildman–Crippen MR) is 145 cm³/mol. The van der Waals surface area contributed by atoms with Crippen molar-refractivity contribution in [2.75, 3.05) is 25.0 Å². The summed E-state index contributed by atoms with van der Waals surface area (Å²) in [5.41, 5.74) is 1.88. The number of nitrogens with zero attached hydrogens (tertiary/aromatic N) is 3. The van der Waals surface area contributed by atoms with Gasteiger partial charge < -0.3 is 20.7 Å². The van der Waals surface area contributed by atoms with Gasteiger partial charge in [0.25, 0.3) is 5.91 Å². The molecule has 1 amide bonds. The molecule has 1 fully saturated rings. The summed E-state index contributed by atoms with van der Waals surface area (Å²) in [5.74, 6) is 0.853. The standard InChI is InChI=1S/C28H27ClFN7O2/c29-20-4-5-21(30)23-22(8-15-39-24(20)23)33-26(38)18-2-1-3-19(16-18)35-28(9-13-32-14-10-28)27-34-25(36-37-27)17-6-11-31-12-7-17/h1-7,11-12,16,22,32,35H,8-10,13-15H2,(H,33,38)(H,34,36,37)/t22-/m1/s1. The van der Waals surface area contributed by atoms with E-state index in [1.807, 2.05) is 24.3 Å². The van der Waals surface area contributed by atoms with Crippen molar-refractivity contribution >= 4 is 23.2 Å². The molecule has 0 unspecified atom stereocenters. The van der Waals surface area contributed by atoms with Crippen LogP contribution in [-0.2, 0) is 5.54 Å². The van der Waals surface area contributed by atoms with Crippen LogP contribution in [0, 0.1) is 5.82 Å². The van der Waals surface area contributed by atoms with E-state index >= 15 is 0 Å². The number of aromatic nitrogens is 4. The molecule has 2 aromatic carbocycles. The number of ether oxygens (including phenoxy) is 1. The average Bonchev–Trinajstić information content (AvgIpc) is 3.48. The van der Waals surface area contributed by atoms with Gasteiger partial charge in [-0.1, -0.05) is 17.7 Å². The van der Waals surface area contributed by atoms with E-state index in [-0.39, 0.29) is 17.2 Å². The molecule has 1 atom stereocenters. The maximum absolute atomic E-state index is 14.7. The summed E-state index contributed by atoms with van der Waals surface area (Å²) in [6.45, 7) is 1.93. The summed E-state index contributed by atoms with van der Waals surface area (Å²) in [5, 5.41) is 17.9. The summed E-state index contributed by atoms with van der Waals surface area (Å²) in [6.07, 6.45) is 5.40. The first kappa shape index (κ1) is 25.3. The Morgan fingerprint density at radius 2 is 1.95 bits per heavy atom. The fraction of sp³-hybridized carbons (Fsp3) is 0.286. The third-order valence-electron chi connectivity index (χ3n) is 7.24. The van der Waals surface area contributed by atoms with Gasteiger partial charge in [0.15, 0.2) is 11.6 Å². The number of rotatable bonds is 6. The van der Waals surface area contributed by atoms with Crippen LogP contribution in [-0.4, -0.2) is 45.8 Å². The summed E-state index contributed by atoms with van der Waals surface area (Å²) in [4.78, 5) is 22.2. The number of hydrogen-bond acceptors (Lipinski definition) is 7. The number of carbonyl (C=O) groups is 1. The molecule has 0 spiro atoms. The van der Waals surface area contributed by atoms with E-state index in [1.54, 1.807) is 24.5 Å². The van der Waals surface area contributed by atoms with Crippen LogP contribution >= 0.6 is 11.6 Å². The highest BCUT2D eigenvalue weighted by Crippen LogP contribution is 2.40. The quantitative estimate of drug-likeness (QED) is 0.279. The van der Waals surface area contributed by atoms with E-state index in [2.05, 4.69) is 31.1 Å². The SMILES string of the molecule is O=C(N[C@@H]1CCOc2c(Cl)ccc(F)c21)c1cccc(NC2(c3nc(-c4ccncc4)n[nH]3)CCNCC2)c1. The number of hydrogen-bond donors (Lipinski definition) is 4. The smallest absolute Gasteiger partial charge is 0.251 e. The van der Waals surface area contributed by atoms with E-state index in [9.17, 15) is 9.18 Å². The zero-order valence-corrected chi connectivity index (χ0v) is 21.8. The van der Waals surface area contributed by atoms with Crippen molar-refractivity contribution < 1.29 is 13.9 Å². The highest BCUT2D eigenvalue weighted by Gasteiger charge is 2.37. The molecule has 2 aliphatic heterocycles. The first-order chi connectivity index (χ1) is 19.0. The van der Waals surface area contributed by atoms with Crippen molar-refractivity contribution in [2.24, 2.45) is 0 Å². The molecule has 0 saturated carbocycles. The van der Waals surface area contributed by atoms with Crippen LogP contribution < -0.4 is 20.7 Å². The Hall–Kier alpha value is -4.02. The second-order valence-electron chi connectivity index (χ2n) is 9.72. The van der Waals surface area contributed by atoms with Crippen molar-refractivity contribution in [1.82, 2.24) is 30.8 Å². The molecule has 0 radical (unpaired) electrons. The molecule has 0 aliphatic carbocycles. The van der Waals surface area contributed by atoms with Crippen LogP contribution in [0.3, 0.4) is 0 Å². The molecule has 0 bridgehead atoms. The second-order valence-corrected chi connectivity index (χ2v) is 10.1. The summed E-state index contributed by atoms with van der Waals surface area (Å²) >= 11 is 6.21. The van der Waals surface area contributed by atoms with E-state index in [0.29, 0.717) is 29.4 Å². The minimum atomic E-state index is -0.548. The zero-order valence-electron chi connectivity index (χ0n) is 21.0. The van der Waals surface area contributed by atoms with Crippen LogP contribution in [0.2, 0.25) is 5.02 Å². The normalized spacial score (nSPS) is 18.1. The first-order valence-corrected chi connectivity index (χ1v) is 13.2. The molecule has 200 valence electrons. The molecule has 4 aromatic rings. The average molecular weight is 548 g/mol. The number of benzene rings is 2. The number of nitrogens with one attached hydrogen (secondary N) is 4. The van der Waals surface area contributed by atoms with Crippen molar-refractivity contribution in [1.29, 1.82) is 0 Å². The first-order valence-electron chi connectivity index (χ1n) is 12.9. The van der Waals surface area contributed by atoms with E-state index in [4.69, 9.17) is 21.3 Å². The van der Waals surface area contributed by atoms with Gasteiger partial charge in [0.1, 0.15) is 11.6 Å². The monoisotopic (exact) mass is 547 g/mol. The minimum Gasteiger partial charge on any atom is -0.491 e. The van der Waals surface area contributed by atoms with Gasteiger partial charge in [-0.3, -0.25) is 14.9 Å². The molecule has 2 aromatic heterocycles. The van der Waals surface area contributed by atoms with Crippen molar-refractivity contribution in [3.63, 3.8) is 0 Å². The van der Waals surface area contributed by atoms with Crippen LogP contribution in [0.4, 0.5) is 10.1 Å². The van der Waals surface area contributed by atoms with Crippen molar-refractivity contribution in [2.45, 2.75) is 30.8 Å². The lowest BCUT2D eigenvalue weighted by atomic mass is 9.87. The number of fused-ring (bicyclic) bond motifs is 1. The maximum atomic E-state index is 14.7. The lowest BCUT2D eigenvalue weighted by Gasteiger charge is -2.37. The number of aromatic amines is 1. The zero-order chi connectivity index (χ0) is 26.8. The number of amides is 1. The van der Waals surface area contributed by atoms with E-state index in [0.717, 1.165) is 43.0 Å². The van der Waals surface area contributed by atoms with Crippen molar-refractivity contribution in [3.05, 3.63) is 88.7 Å². The Morgan fingerprint density at radius 3 is 2.77 bits per heavy atom. The van der Waals surface area contributed by atoms with Crippen molar-refractivity contribution in [3.8, 4) is 17.1 Å². The maximum Gasteiger partial charge on any atom is 0.251 e. The molecule has 4 heterocycles. The van der Waals surface area contributed by atoms with Gasteiger partial charge in [0.2, 0.25) is 0 Å². The third-order valence-corrected chi connectivity index (χ3v) is 7.54. The fourth-order valence-corrected chi connectivity index (χ4v) is 5.44. The Labute approximate surface area is 229 Å². The molecule has 1 saturated heterocycles. The van der Waals surface area contributed by atoms with Gasteiger partial charge in [-0.2, -0.15) is 5.10 Å². The number of halogens is 2. The second kappa shape index (κ2) is 10.6. The highest BCUT2D eigenvalue weighted by molar-refractivity contribution is 6.32. The number of H-pyrrole nitrogens is 1. The van der Waals surface area contributed by atoms with Crippen LogP contribution in [0.25, 0.3) is 11.4 Å². The fourth-order valence-electron chi connectivity index (χ4n) is 5.22. The highest BCUT2D eigenvalue weighted by atomic mass is 35.5. The van der Waals surface area contributed by atoms with E-state index < -0.39 is 17.4 Å². The molecule has 4 N–H and O–H groups in total. The van der Waals surface area contributed by atoms with Crippen LogP contribution in [0.1, 0.15) is 47.1 Å². The lowest BCUT2D eigenvalue weighted by molar-refractivity contribution is 0.0923. The van der Waals surface area contributed by atoms with Gasteiger partial charge in [-0.25, -0.2) is 9.37 Å². The molecule has 2 aliphatic rings. The molecular weight excluding hydrogens is 521 g/mol. The van der Waals surface area contributed by atoms with Gasteiger partial charge >= 0.3 is 0 Å². The van der Waals surface area contributed by atoms with E-state index in [1.165, 1.54) is 12.1 Å². The number of pyridine rings is 1. The lowest BCUT2D eigenvalue weighted by Crippen LogP contribution is -2.46. The minimum absolute atomic E-state index is 0.278. The Kier molecular flexibility index (Phi) is 6.88. The molecule has 9 nitrogen and oxygen atoms in total. The number of anilines is 1. The number of carbonyl (C=O) groups excluding carboxylic acids is 1. The summed E-state index contributed by atoms with van der Waals surface area (Å²) in [7, 11) is 0. The molecule has 11 heteroatoms. The largest absolute Gasteiger partial charge is 0.491 e. The number of piperidine rings is 1. The third kappa shape index (κ3) is 5.05. The van der Waals surface area contributed by atoms with Gasteiger partial charge in [0.05, 0.1) is 28.8 Å². The molecule has 6 rings (SSSR count). The molecular formula is C28H27ClFN7O2. The summed E-state index contributed by atoms with van der Waals surface area (Å²) in [6, 6.07) is 13.2. The van der Waals surface area contributed by atoms with Crippen LogP contribution in [0.15, 0.2) is 60.9 Å². The van der Waals surface area contributed by atoms with Gasteiger partial charge in [-0.15, -0.1) is 0 Å². The predicted octanol–water partition coefficient (Wildman–Crippen LogP) is 4.60. The van der Waals surface area contributed by atoms with Gasteiger partial charge in [-0.05, 0) is 68.4 Å². The Bertz CT molecular complexity index is 1490.